The zero-order valence-corrected chi connectivity index (χ0v) is 12.7. The highest BCUT2D eigenvalue weighted by molar-refractivity contribution is 5.10. The number of aliphatic hydroxyl groups excluding tert-OH is 1. The van der Waals surface area contributed by atoms with Crippen molar-refractivity contribution >= 4 is 0 Å². The quantitative estimate of drug-likeness (QED) is 0.868. The zero-order valence-electron chi connectivity index (χ0n) is 12.7. The molecule has 0 amide bonds. The van der Waals surface area contributed by atoms with Crippen LogP contribution < -0.4 is 5.73 Å². The number of hydrogen-bond donors (Lipinski definition) is 2. The summed E-state index contributed by atoms with van der Waals surface area (Å²) in [6.07, 6.45) is 8.03. The predicted molar refractivity (Wildman–Crippen MR) is 80.1 cm³/mol. The summed E-state index contributed by atoms with van der Waals surface area (Å²) in [5, 5.41) is 10.8. The number of aliphatic hydroxyl groups is 1. The van der Waals surface area contributed by atoms with Gasteiger partial charge in [-0.25, -0.2) is 9.97 Å². The Bertz CT molecular complexity index is 427. The SMILES string of the molecule is CCCC1CCC(CN)(C(O)c2ccnc(C)n2)CC1. The summed E-state index contributed by atoms with van der Waals surface area (Å²) in [5.41, 5.74) is 6.55. The van der Waals surface area contributed by atoms with Gasteiger partial charge in [0.25, 0.3) is 0 Å². The highest BCUT2D eigenvalue weighted by Crippen LogP contribution is 2.47. The van der Waals surface area contributed by atoms with E-state index in [1.807, 2.05) is 13.0 Å². The Kier molecular flexibility index (Phi) is 5.11. The Balaban J connectivity index is 2.11. The molecule has 0 aliphatic heterocycles. The third-order valence-electron chi connectivity index (χ3n) is 4.86. The molecule has 4 heteroatoms. The molecule has 1 aliphatic rings. The summed E-state index contributed by atoms with van der Waals surface area (Å²) in [6, 6.07) is 1.81. The summed E-state index contributed by atoms with van der Waals surface area (Å²) in [4.78, 5) is 8.48. The standard InChI is InChI=1S/C16H27N3O/c1-3-4-13-5-8-16(11-17,9-6-13)15(20)14-7-10-18-12(2)19-14/h7,10,13,15,20H,3-6,8-9,11,17H2,1-2H3. The van der Waals surface area contributed by atoms with Crippen LogP contribution >= 0.6 is 0 Å². The van der Waals surface area contributed by atoms with Crippen LogP contribution in [0.2, 0.25) is 0 Å². The largest absolute Gasteiger partial charge is 0.386 e. The maximum atomic E-state index is 10.8. The molecule has 20 heavy (non-hydrogen) atoms. The van der Waals surface area contributed by atoms with E-state index in [9.17, 15) is 5.11 Å². The van der Waals surface area contributed by atoms with E-state index in [0.29, 0.717) is 12.4 Å². The minimum Gasteiger partial charge on any atom is -0.386 e. The molecular weight excluding hydrogens is 250 g/mol. The maximum absolute atomic E-state index is 10.8. The fourth-order valence-electron chi connectivity index (χ4n) is 3.48. The monoisotopic (exact) mass is 277 g/mol. The lowest BCUT2D eigenvalue weighted by Gasteiger charge is -2.42. The van der Waals surface area contributed by atoms with Crippen LogP contribution in [-0.4, -0.2) is 21.6 Å². The van der Waals surface area contributed by atoms with Crippen molar-refractivity contribution in [2.75, 3.05) is 6.54 Å². The Labute approximate surface area is 121 Å². The summed E-state index contributed by atoms with van der Waals surface area (Å²) < 4.78 is 0. The molecule has 0 spiro atoms. The molecule has 0 radical (unpaired) electrons. The molecule has 1 fully saturated rings. The van der Waals surface area contributed by atoms with Crippen LogP contribution in [0.3, 0.4) is 0 Å². The van der Waals surface area contributed by atoms with Crippen LogP contribution in [0.1, 0.15) is 63.1 Å². The van der Waals surface area contributed by atoms with Gasteiger partial charge in [0.2, 0.25) is 0 Å². The van der Waals surface area contributed by atoms with Crippen molar-refractivity contribution in [2.24, 2.45) is 17.1 Å². The van der Waals surface area contributed by atoms with Gasteiger partial charge in [0.15, 0.2) is 0 Å². The van der Waals surface area contributed by atoms with E-state index in [1.165, 1.54) is 25.7 Å². The van der Waals surface area contributed by atoms with Crippen molar-refractivity contribution in [3.63, 3.8) is 0 Å². The Morgan fingerprint density at radius 2 is 2.15 bits per heavy atom. The normalized spacial score (nSPS) is 28.3. The van der Waals surface area contributed by atoms with Crippen molar-refractivity contribution < 1.29 is 5.11 Å². The van der Waals surface area contributed by atoms with Gasteiger partial charge in [0.05, 0.1) is 5.69 Å². The van der Waals surface area contributed by atoms with Crippen molar-refractivity contribution in [2.45, 2.75) is 58.5 Å². The molecule has 0 bridgehead atoms. The van der Waals surface area contributed by atoms with E-state index in [1.54, 1.807) is 6.20 Å². The molecule has 2 rings (SSSR count). The number of aromatic nitrogens is 2. The molecule has 4 nitrogen and oxygen atoms in total. The van der Waals surface area contributed by atoms with E-state index < -0.39 is 6.10 Å². The fraction of sp³-hybridized carbons (Fsp3) is 0.750. The van der Waals surface area contributed by atoms with Crippen LogP contribution in [0.15, 0.2) is 12.3 Å². The topological polar surface area (TPSA) is 72.0 Å². The highest BCUT2D eigenvalue weighted by atomic mass is 16.3. The van der Waals surface area contributed by atoms with Gasteiger partial charge in [-0.1, -0.05) is 19.8 Å². The van der Waals surface area contributed by atoms with Gasteiger partial charge in [-0.15, -0.1) is 0 Å². The number of nitrogens with two attached hydrogens (primary N) is 1. The maximum Gasteiger partial charge on any atom is 0.125 e. The summed E-state index contributed by atoms with van der Waals surface area (Å²) in [5.74, 6) is 1.51. The van der Waals surface area contributed by atoms with E-state index in [2.05, 4.69) is 16.9 Å². The molecule has 1 unspecified atom stereocenters. The van der Waals surface area contributed by atoms with Crippen molar-refractivity contribution in [3.8, 4) is 0 Å². The second kappa shape index (κ2) is 6.64. The molecule has 3 N–H and O–H groups in total. The molecule has 1 aliphatic carbocycles. The zero-order chi connectivity index (χ0) is 14.6. The first-order valence-corrected chi connectivity index (χ1v) is 7.79. The molecule has 0 aromatic carbocycles. The van der Waals surface area contributed by atoms with Crippen LogP contribution in [0.25, 0.3) is 0 Å². The summed E-state index contributed by atoms with van der Waals surface area (Å²) >= 11 is 0. The van der Waals surface area contributed by atoms with Crippen molar-refractivity contribution in [1.29, 1.82) is 0 Å². The fourth-order valence-corrected chi connectivity index (χ4v) is 3.48. The Morgan fingerprint density at radius 1 is 1.45 bits per heavy atom. The number of aryl methyl sites for hydroxylation is 1. The second-order valence-corrected chi connectivity index (χ2v) is 6.23. The highest BCUT2D eigenvalue weighted by Gasteiger charge is 2.41. The third-order valence-corrected chi connectivity index (χ3v) is 4.86. The lowest BCUT2D eigenvalue weighted by Crippen LogP contribution is -2.40. The van der Waals surface area contributed by atoms with Gasteiger partial charge >= 0.3 is 0 Å². The average Bonchev–Trinajstić information content (AvgIpc) is 2.48. The number of rotatable bonds is 5. The van der Waals surface area contributed by atoms with Crippen LogP contribution in [-0.2, 0) is 0 Å². The number of hydrogen-bond acceptors (Lipinski definition) is 4. The molecule has 1 aromatic rings. The lowest BCUT2D eigenvalue weighted by molar-refractivity contribution is -0.0136. The van der Waals surface area contributed by atoms with Crippen molar-refractivity contribution in [1.82, 2.24) is 9.97 Å². The van der Waals surface area contributed by atoms with Gasteiger partial charge in [-0.2, -0.15) is 0 Å². The molecule has 1 atom stereocenters. The van der Waals surface area contributed by atoms with Crippen molar-refractivity contribution in [3.05, 3.63) is 23.8 Å². The van der Waals surface area contributed by atoms with Gasteiger partial charge in [-0.3, -0.25) is 0 Å². The minimum absolute atomic E-state index is 0.203. The van der Waals surface area contributed by atoms with E-state index in [0.717, 1.165) is 24.5 Å². The predicted octanol–water partition coefficient (Wildman–Crippen LogP) is 2.75. The molecule has 0 saturated heterocycles. The summed E-state index contributed by atoms with van der Waals surface area (Å²) in [7, 11) is 0. The van der Waals surface area contributed by atoms with Gasteiger partial charge in [0, 0.05) is 18.2 Å². The first kappa shape index (κ1) is 15.4. The first-order chi connectivity index (χ1) is 9.61. The molecular formula is C16H27N3O. The Hall–Kier alpha value is -1.00. The lowest BCUT2D eigenvalue weighted by atomic mass is 9.66. The third kappa shape index (κ3) is 3.18. The minimum atomic E-state index is -0.572. The summed E-state index contributed by atoms with van der Waals surface area (Å²) in [6.45, 7) is 4.61. The molecule has 1 heterocycles. The molecule has 1 saturated carbocycles. The van der Waals surface area contributed by atoms with Crippen LogP contribution in [0, 0.1) is 18.3 Å². The average molecular weight is 277 g/mol. The van der Waals surface area contributed by atoms with Crippen LogP contribution in [0.5, 0.6) is 0 Å². The van der Waals surface area contributed by atoms with Gasteiger partial charge in [0.1, 0.15) is 11.9 Å². The first-order valence-electron chi connectivity index (χ1n) is 7.79. The molecule has 1 aromatic heterocycles. The van der Waals surface area contributed by atoms with Gasteiger partial charge in [-0.05, 0) is 44.6 Å². The van der Waals surface area contributed by atoms with Gasteiger partial charge < -0.3 is 10.8 Å². The van der Waals surface area contributed by atoms with E-state index in [-0.39, 0.29) is 5.41 Å². The van der Waals surface area contributed by atoms with E-state index >= 15 is 0 Å². The number of nitrogens with zero attached hydrogens (tertiary/aromatic N) is 2. The van der Waals surface area contributed by atoms with E-state index in [4.69, 9.17) is 5.73 Å². The smallest absolute Gasteiger partial charge is 0.125 e. The second-order valence-electron chi connectivity index (χ2n) is 6.23. The molecule has 112 valence electrons. The Morgan fingerprint density at radius 3 is 2.70 bits per heavy atom. The van der Waals surface area contributed by atoms with Crippen LogP contribution in [0.4, 0.5) is 0 Å².